The molecule has 0 fully saturated rings. The molecule has 68 valence electrons. The van der Waals surface area contributed by atoms with Gasteiger partial charge in [-0.3, -0.25) is 0 Å². The first-order valence-electron chi connectivity index (χ1n) is 3.98. The third-order valence-electron chi connectivity index (χ3n) is 1.86. The van der Waals surface area contributed by atoms with Gasteiger partial charge in [0, 0.05) is 22.5 Å². The van der Waals surface area contributed by atoms with E-state index >= 15 is 0 Å². The van der Waals surface area contributed by atoms with Gasteiger partial charge >= 0.3 is 0 Å². The number of halogens is 1. The summed E-state index contributed by atoms with van der Waals surface area (Å²) in [5.41, 5.74) is 1.83. The van der Waals surface area contributed by atoms with Gasteiger partial charge in [-0.1, -0.05) is 16.8 Å². The zero-order valence-corrected chi connectivity index (χ0v) is 7.93. The molecule has 4 heteroatoms. The van der Waals surface area contributed by atoms with E-state index in [0.29, 0.717) is 5.02 Å². The summed E-state index contributed by atoms with van der Waals surface area (Å²) in [4.78, 5) is 0. The van der Waals surface area contributed by atoms with Crippen LogP contribution in [-0.2, 0) is 6.54 Å². The van der Waals surface area contributed by atoms with Crippen molar-refractivity contribution in [3.63, 3.8) is 0 Å². The Bertz CT molecular complexity index is 424. The lowest BCUT2D eigenvalue weighted by atomic mass is 10.1. The highest BCUT2D eigenvalue weighted by atomic mass is 35.5. The number of fused-ring (bicyclic) bond motifs is 1. The zero-order chi connectivity index (χ0) is 9.26. The van der Waals surface area contributed by atoms with E-state index < -0.39 is 0 Å². The van der Waals surface area contributed by atoms with Gasteiger partial charge < -0.3 is 9.84 Å². The minimum atomic E-state index is 0.709. The Hall–Kier alpha value is -1.06. The maximum atomic E-state index is 5.92. The number of rotatable bonds is 2. The number of nitrogens with zero attached hydrogens (tertiary/aromatic N) is 1. The van der Waals surface area contributed by atoms with Crippen LogP contribution in [0.1, 0.15) is 5.56 Å². The van der Waals surface area contributed by atoms with Crippen molar-refractivity contribution in [1.29, 1.82) is 0 Å². The average molecular weight is 197 g/mol. The molecule has 1 aromatic carbocycles. The topological polar surface area (TPSA) is 38.1 Å². The van der Waals surface area contributed by atoms with Gasteiger partial charge in [0.1, 0.15) is 0 Å². The van der Waals surface area contributed by atoms with Crippen LogP contribution < -0.4 is 5.32 Å². The summed E-state index contributed by atoms with van der Waals surface area (Å²) in [7, 11) is 1.88. The molecular weight excluding hydrogens is 188 g/mol. The van der Waals surface area contributed by atoms with E-state index in [1.54, 1.807) is 6.20 Å². The second-order valence-corrected chi connectivity index (χ2v) is 3.28. The second kappa shape index (κ2) is 3.36. The SMILES string of the molecule is CNCc1cc(Cl)cc2cnoc12. The number of hydrogen-bond acceptors (Lipinski definition) is 3. The first-order valence-corrected chi connectivity index (χ1v) is 4.36. The minimum absolute atomic E-state index is 0.709. The molecule has 0 bridgehead atoms. The van der Waals surface area contributed by atoms with Crippen LogP contribution in [-0.4, -0.2) is 12.2 Å². The molecule has 0 saturated carbocycles. The summed E-state index contributed by atoms with van der Waals surface area (Å²) in [6.07, 6.45) is 1.67. The molecule has 3 nitrogen and oxygen atoms in total. The second-order valence-electron chi connectivity index (χ2n) is 2.84. The number of benzene rings is 1. The predicted molar refractivity (Wildman–Crippen MR) is 51.8 cm³/mol. The molecule has 0 aliphatic heterocycles. The van der Waals surface area contributed by atoms with E-state index in [1.165, 1.54) is 0 Å². The summed E-state index contributed by atoms with van der Waals surface area (Å²) in [5.74, 6) is 0. The maximum absolute atomic E-state index is 5.92. The monoisotopic (exact) mass is 196 g/mol. The fourth-order valence-corrected chi connectivity index (χ4v) is 1.59. The maximum Gasteiger partial charge on any atom is 0.171 e. The molecule has 0 saturated heterocycles. The van der Waals surface area contributed by atoms with Gasteiger partial charge in [0.05, 0.1) is 6.20 Å². The lowest BCUT2D eigenvalue weighted by Gasteiger charge is -2.00. The molecule has 0 aliphatic carbocycles. The lowest BCUT2D eigenvalue weighted by Crippen LogP contribution is -2.05. The fraction of sp³-hybridized carbons (Fsp3) is 0.222. The van der Waals surface area contributed by atoms with Crippen molar-refractivity contribution in [2.24, 2.45) is 0 Å². The third kappa shape index (κ3) is 1.53. The predicted octanol–water partition coefficient (Wildman–Crippen LogP) is 2.20. The minimum Gasteiger partial charge on any atom is -0.356 e. The molecule has 0 amide bonds. The Balaban J connectivity index is 2.63. The van der Waals surface area contributed by atoms with Crippen LogP contribution in [0.25, 0.3) is 11.0 Å². The van der Waals surface area contributed by atoms with Crippen LogP contribution in [0.2, 0.25) is 5.02 Å². The van der Waals surface area contributed by atoms with E-state index in [1.807, 2.05) is 19.2 Å². The van der Waals surface area contributed by atoms with E-state index in [9.17, 15) is 0 Å². The summed E-state index contributed by atoms with van der Waals surface area (Å²) in [5, 5.41) is 8.42. The van der Waals surface area contributed by atoms with Crippen molar-refractivity contribution < 1.29 is 4.52 Å². The van der Waals surface area contributed by atoms with Crippen molar-refractivity contribution in [2.45, 2.75) is 6.54 Å². The molecule has 1 N–H and O–H groups in total. The van der Waals surface area contributed by atoms with Gasteiger partial charge in [-0.2, -0.15) is 0 Å². The van der Waals surface area contributed by atoms with Crippen LogP contribution in [0, 0.1) is 0 Å². The van der Waals surface area contributed by atoms with Crippen LogP contribution >= 0.6 is 11.6 Å². The Morgan fingerprint density at radius 3 is 3.15 bits per heavy atom. The molecule has 0 atom stereocenters. The quantitative estimate of drug-likeness (QED) is 0.800. The highest BCUT2D eigenvalue weighted by Gasteiger charge is 2.06. The van der Waals surface area contributed by atoms with E-state index in [-0.39, 0.29) is 0 Å². The number of hydrogen-bond donors (Lipinski definition) is 1. The van der Waals surface area contributed by atoms with E-state index in [0.717, 1.165) is 23.1 Å². The first-order chi connectivity index (χ1) is 6.31. The Kier molecular flexibility index (Phi) is 2.20. The van der Waals surface area contributed by atoms with Crippen molar-refractivity contribution >= 4 is 22.6 Å². The third-order valence-corrected chi connectivity index (χ3v) is 2.08. The van der Waals surface area contributed by atoms with Gasteiger partial charge in [0.2, 0.25) is 0 Å². The van der Waals surface area contributed by atoms with Gasteiger partial charge in [-0.15, -0.1) is 0 Å². The molecule has 0 radical (unpaired) electrons. The standard InChI is InChI=1S/C9H9ClN2O/c1-11-4-6-2-8(10)3-7-5-12-13-9(6)7/h2-3,5,11H,4H2,1H3. The smallest absolute Gasteiger partial charge is 0.171 e. The molecule has 2 aromatic rings. The van der Waals surface area contributed by atoms with Gasteiger partial charge in [-0.25, -0.2) is 0 Å². The van der Waals surface area contributed by atoms with Crippen molar-refractivity contribution in [3.8, 4) is 0 Å². The largest absolute Gasteiger partial charge is 0.356 e. The Morgan fingerprint density at radius 1 is 1.54 bits per heavy atom. The molecule has 0 aliphatic rings. The van der Waals surface area contributed by atoms with Crippen LogP contribution in [0.5, 0.6) is 0 Å². The Labute approximate surface area is 80.7 Å². The van der Waals surface area contributed by atoms with Crippen molar-refractivity contribution in [2.75, 3.05) is 7.05 Å². The first kappa shape index (κ1) is 8.53. The Morgan fingerprint density at radius 2 is 2.38 bits per heavy atom. The molecular formula is C9H9ClN2O. The molecule has 1 aromatic heterocycles. The van der Waals surface area contributed by atoms with E-state index in [4.69, 9.17) is 16.1 Å². The van der Waals surface area contributed by atoms with Crippen LogP contribution in [0.3, 0.4) is 0 Å². The summed E-state index contributed by atoms with van der Waals surface area (Å²) in [6.45, 7) is 0.728. The van der Waals surface area contributed by atoms with Crippen LogP contribution in [0.15, 0.2) is 22.9 Å². The molecule has 1 heterocycles. The van der Waals surface area contributed by atoms with Gasteiger partial charge in [0.25, 0.3) is 0 Å². The molecule has 2 rings (SSSR count). The highest BCUT2D eigenvalue weighted by molar-refractivity contribution is 6.31. The van der Waals surface area contributed by atoms with Crippen LogP contribution in [0.4, 0.5) is 0 Å². The van der Waals surface area contributed by atoms with Gasteiger partial charge in [-0.05, 0) is 19.2 Å². The summed E-state index contributed by atoms with van der Waals surface area (Å²) >= 11 is 5.92. The molecule has 0 unspecified atom stereocenters. The highest BCUT2D eigenvalue weighted by Crippen LogP contribution is 2.23. The molecule has 13 heavy (non-hydrogen) atoms. The number of nitrogens with one attached hydrogen (secondary N) is 1. The van der Waals surface area contributed by atoms with Gasteiger partial charge in [0.15, 0.2) is 5.58 Å². The van der Waals surface area contributed by atoms with E-state index in [2.05, 4.69) is 10.5 Å². The van der Waals surface area contributed by atoms with Crippen molar-refractivity contribution in [1.82, 2.24) is 10.5 Å². The summed E-state index contributed by atoms with van der Waals surface area (Å²) in [6, 6.07) is 3.72. The number of aromatic nitrogens is 1. The molecule has 0 spiro atoms. The van der Waals surface area contributed by atoms with Crippen molar-refractivity contribution in [3.05, 3.63) is 28.9 Å². The fourth-order valence-electron chi connectivity index (χ4n) is 1.34. The summed E-state index contributed by atoms with van der Waals surface area (Å²) < 4.78 is 5.11. The normalized spacial score (nSPS) is 10.9. The zero-order valence-electron chi connectivity index (χ0n) is 7.17. The lowest BCUT2D eigenvalue weighted by molar-refractivity contribution is 0.453. The average Bonchev–Trinajstić information content (AvgIpc) is 2.52.